The van der Waals surface area contributed by atoms with Crippen LogP contribution in [0.5, 0.6) is 0 Å². The molecule has 0 saturated carbocycles. The molecule has 8 nitrogen and oxygen atoms in total. The minimum Gasteiger partial charge on any atom is -0.378 e. The highest BCUT2D eigenvalue weighted by Crippen LogP contribution is 2.14. The quantitative estimate of drug-likeness (QED) is 0.756. The molecule has 21 heavy (non-hydrogen) atoms. The van der Waals surface area contributed by atoms with Gasteiger partial charge in [-0.2, -0.15) is 15.0 Å². The molecule has 2 heterocycles. The summed E-state index contributed by atoms with van der Waals surface area (Å²) in [6.07, 6.45) is 0.108. The third kappa shape index (κ3) is 4.68. The van der Waals surface area contributed by atoms with E-state index in [9.17, 15) is 0 Å². The normalized spacial score (nSPS) is 16.6. The topological polar surface area (TPSA) is 84.4 Å². The Bertz CT molecular complexity index is 439. The van der Waals surface area contributed by atoms with Crippen molar-refractivity contribution < 1.29 is 9.47 Å². The van der Waals surface area contributed by atoms with Crippen LogP contribution in [0.1, 0.15) is 13.8 Å². The first-order chi connectivity index (χ1) is 10.2. The van der Waals surface area contributed by atoms with Crippen LogP contribution in [-0.4, -0.2) is 67.6 Å². The minimum atomic E-state index is 0.108. The molecule has 1 unspecified atom stereocenters. The lowest BCUT2D eigenvalue weighted by molar-refractivity contribution is 0.0854. The van der Waals surface area contributed by atoms with Crippen LogP contribution in [0.25, 0.3) is 0 Å². The zero-order valence-corrected chi connectivity index (χ0v) is 12.9. The number of nitrogens with zero attached hydrogens (tertiary/aromatic N) is 4. The molecule has 1 saturated heterocycles. The Labute approximate surface area is 125 Å². The maximum atomic E-state index is 5.49. The van der Waals surface area contributed by atoms with Crippen molar-refractivity contribution in [3.63, 3.8) is 0 Å². The van der Waals surface area contributed by atoms with E-state index in [-0.39, 0.29) is 6.10 Å². The monoisotopic (exact) mass is 296 g/mol. The van der Waals surface area contributed by atoms with Gasteiger partial charge in [0.25, 0.3) is 0 Å². The molecular formula is C13H24N6O2. The lowest BCUT2D eigenvalue weighted by atomic mass is 10.4. The van der Waals surface area contributed by atoms with Crippen LogP contribution < -0.4 is 15.5 Å². The largest absolute Gasteiger partial charge is 0.378 e. The molecule has 0 radical (unpaired) electrons. The zero-order valence-electron chi connectivity index (χ0n) is 12.9. The van der Waals surface area contributed by atoms with Crippen molar-refractivity contribution in [2.24, 2.45) is 0 Å². The molecule has 1 aromatic heterocycles. The molecule has 0 aliphatic carbocycles. The summed E-state index contributed by atoms with van der Waals surface area (Å²) in [4.78, 5) is 15.3. The van der Waals surface area contributed by atoms with Gasteiger partial charge in [-0.25, -0.2) is 0 Å². The van der Waals surface area contributed by atoms with Crippen LogP contribution in [0, 0.1) is 0 Å². The second kappa shape index (κ2) is 7.94. The van der Waals surface area contributed by atoms with Gasteiger partial charge in [-0.1, -0.05) is 0 Å². The molecule has 0 amide bonds. The van der Waals surface area contributed by atoms with Crippen LogP contribution in [0.4, 0.5) is 17.8 Å². The summed E-state index contributed by atoms with van der Waals surface area (Å²) in [5.41, 5.74) is 0. The maximum Gasteiger partial charge on any atom is 0.232 e. The average Bonchev–Trinajstić information content (AvgIpc) is 2.54. The molecule has 118 valence electrons. The number of aromatic nitrogens is 3. The highest BCUT2D eigenvalue weighted by molar-refractivity contribution is 5.43. The highest BCUT2D eigenvalue weighted by atomic mass is 16.5. The van der Waals surface area contributed by atoms with Crippen molar-refractivity contribution in [1.29, 1.82) is 0 Å². The fourth-order valence-electron chi connectivity index (χ4n) is 2.04. The summed E-state index contributed by atoms with van der Waals surface area (Å²) in [5.74, 6) is 1.78. The van der Waals surface area contributed by atoms with Gasteiger partial charge in [0.1, 0.15) is 0 Å². The molecule has 1 aliphatic rings. The Balaban J connectivity index is 2.05. The van der Waals surface area contributed by atoms with Gasteiger partial charge in [0.2, 0.25) is 17.8 Å². The standard InChI is InChI=1S/C13H24N6O2/c1-4-21-10(2)9-15-12-16-11(14-3)17-13(18-12)19-5-7-20-8-6-19/h10H,4-9H2,1-3H3,(H2,14,15,16,17,18). The second-order valence-electron chi connectivity index (χ2n) is 4.78. The van der Waals surface area contributed by atoms with E-state index in [0.29, 0.717) is 44.2 Å². The van der Waals surface area contributed by atoms with Crippen molar-refractivity contribution >= 4 is 17.8 Å². The van der Waals surface area contributed by atoms with Gasteiger partial charge in [-0.3, -0.25) is 0 Å². The zero-order chi connectivity index (χ0) is 15.1. The number of rotatable bonds is 7. The molecule has 1 aliphatic heterocycles. The number of hydrogen-bond donors (Lipinski definition) is 2. The Kier molecular flexibility index (Phi) is 5.94. The molecule has 1 fully saturated rings. The SMILES string of the molecule is CCOC(C)CNc1nc(NC)nc(N2CCOCC2)n1. The number of nitrogens with one attached hydrogen (secondary N) is 2. The third-order valence-electron chi connectivity index (χ3n) is 3.14. The summed E-state index contributed by atoms with van der Waals surface area (Å²) in [6, 6.07) is 0. The van der Waals surface area contributed by atoms with Gasteiger partial charge in [0, 0.05) is 33.3 Å². The van der Waals surface area contributed by atoms with Gasteiger partial charge in [0.15, 0.2) is 0 Å². The summed E-state index contributed by atoms with van der Waals surface area (Å²) >= 11 is 0. The lowest BCUT2D eigenvalue weighted by Crippen LogP contribution is -2.37. The van der Waals surface area contributed by atoms with Crippen LogP contribution >= 0.6 is 0 Å². The van der Waals surface area contributed by atoms with E-state index in [4.69, 9.17) is 9.47 Å². The summed E-state index contributed by atoms with van der Waals surface area (Å²) < 4.78 is 10.8. The molecule has 2 rings (SSSR count). The fourth-order valence-corrected chi connectivity index (χ4v) is 2.04. The number of morpholine rings is 1. The third-order valence-corrected chi connectivity index (χ3v) is 3.14. The first-order valence-electron chi connectivity index (χ1n) is 7.35. The van der Waals surface area contributed by atoms with Crippen LogP contribution in [0.15, 0.2) is 0 Å². The van der Waals surface area contributed by atoms with E-state index in [1.807, 2.05) is 13.8 Å². The number of ether oxygens (including phenoxy) is 2. The Morgan fingerprint density at radius 2 is 1.95 bits per heavy atom. The first kappa shape index (κ1) is 15.7. The highest BCUT2D eigenvalue weighted by Gasteiger charge is 2.16. The predicted molar refractivity (Wildman–Crippen MR) is 82.0 cm³/mol. The van der Waals surface area contributed by atoms with E-state index in [1.54, 1.807) is 7.05 Å². The van der Waals surface area contributed by atoms with Crippen LogP contribution in [-0.2, 0) is 9.47 Å². The van der Waals surface area contributed by atoms with Crippen molar-refractivity contribution in [2.45, 2.75) is 20.0 Å². The van der Waals surface area contributed by atoms with Crippen LogP contribution in [0.3, 0.4) is 0 Å². The van der Waals surface area contributed by atoms with Crippen molar-refractivity contribution in [1.82, 2.24) is 15.0 Å². The van der Waals surface area contributed by atoms with Gasteiger partial charge in [-0.05, 0) is 13.8 Å². The summed E-state index contributed by atoms with van der Waals surface area (Å²) in [6.45, 7) is 8.33. The van der Waals surface area contributed by atoms with Crippen molar-refractivity contribution in [2.75, 3.05) is 62.0 Å². The first-order valence-corrected chi connectivity index (χ1v) is 7.35. The predicted octanol–water partition coefficient (Wildman–Crippen LogP) is 0.587. The smallest absolute Gasteiger partial charge is 0.232 e. The second-order valence-corrected chi connectivity index (χ2v) is 4.78. The molecule has 0 bridgehead atoms. The Morgan fingerprint density at radius 3 is 2.62 bits per heavy atom. The van der Waals surface area contributed by atoms with E-state index in [1.165, 1.54) is 0 Å². The maximum absolute atomic E-state index is 5.49. The molecule has 8 heteroatoms. The van der Waals surface area contributed by atoms with Gasteiger partial charge >= 0.3 is 0 Å². The van der Waals surface area contributed by atoms with Crippen molar-refractivity contribution in [3.8, 4) is 0 Å². The molecule has 0 spiro atoms. The minimum absolute atomic E-state index is 0.108. The molecule has 1 aromatic rings. The van der Waals surface area contributed by atoms with Crippen LogP contribution in [0.2, 0.25) is 0 Å². The number of anilines is 3. The average molecular weight is 296 g/mol. The molecule has 0 aromatic carbocycles. The van der Waals surface area contributed by atoms with E-state index in [0.717, 1.165) is 13.1 Å². The summed E-state index contributed by atoms with van der Waals surface area (Å²) in [7, 11) is 1.80. The summed E-state index contributed by atoms with van der Waals surface area (Å²) in [5, 5.41) is 6.17. The van der Waals surface area contributed by atoms with Gasteiger partial charge in [-0.15, -0.1) is 0 Å². The Morgan fingerprint density at radius 1 is 1.24 bits per heavy atom. The van der Waals surface area contributed by atoms with Crippen molar-refractivity contribution in [3.05, 3.63) is 0 Å². The van der Waals surface area contributed by atoms with E-state index >= 15 is 0 Å². The molecule has 1 atom stereocenters. The van der Waals surface area contributed by atoms with Gasteiger partial charge < -0.3 is 25.0 Å². The fraction of sp³-hybridized carbons (Fsp3) is 0.769. The van der Waals surface area contributed by atoms with E-state index in [2.05, 4.69) is 30.5 Å². The van der Waals surface area contributed by atoms with Gasteiger partial charge in [0.05, 0.1) is 19.3 Å². The molecular weight excluding hydrogens is 272 g/mol. The molecule has 2 N–H and O–H groups in total. The Hall–Kier alpha value is -1.67. The lowest BCUT2D eigenvalue weighted by Gasteiger charge is -2.27. The number of hydrogen-bond acceptors (Lipinski definition) is 8. The van der Waals surface area contributed by atoms with E-state index < -0.39 is 0 Å².